The van der Waals surface area contributed by atoms with E-state index in [1.165, 1.54) is 0 Å². The molecule has 0 amide bonds. The van der Waals surface area contributed by atoms with E-state index in [0.717, 1.165) is 17.9 Å². The molecule has 0 unspecified atom stereocenters. The van der Waals surface area contributed by atoms with Gasteiger partial charge >= 0.3 is 0 Å². The van der Waals surface area contributed by atoms with Crippen LogP contribution in [-0.2, 0) is 6.54 Å². The van der Waals surface area contributed by atoms with Gasteiger partial charge in [0.1, 0.15) is 5.69 Å². The third kappa shape index (κ3) is 1.34. The van der Waals surface area contributed by atoms with E-state index in [-0.39, 0.29) is 5.95 Å². The van der Waals surface area contributed by atoms with Crippen LogP contribution >= 0.6 is 0 Å². The number of aromatic nitrogens is 5. The van der Waals surface area contributed by atoms with Crippen molar-refractivity contribution in [2.45, 2.75) is 20.4 Å². The maximum Gasteiger partial charge on any atom is 0.239 e. The van der Waals surface area contributed by atoms with Crippen molar-refractivity contribution >= 4 is 5.95 Å². The Balaban J connectivity index is 2.49. The monoisotopic (exact) mass is 192 g/mol. The highest BCUT2D eigenvalue weighted by Crippen LogP contribution is 2.16. The molecule has 74 valence electrons. The van der Waals surface area contributed by atoms with Gasteiger partial charge in [0.2, 0.25) is 5.95 Å². The lowest BCUT2D eigenvalue weighted by atomic mass is 10.3. The fraction of sp³-hybridized carbons (Fsp3) is 0.375. The van der Waals surface area contributed by atoms with E-state index in [1.54, 1.807) is 0 Å². The zero-order valence-corrected chi connectivity index (χ0v) is 8.15. The second kappa shape index (κ2) is 3.13. The van der Waals surface area contributed by atoms with Crippen LogP contribution in [0.5, 0.6) is 0 Å². The van der Waals surface area contributed by atoms with E-state index in [0.29, 0.717) is 5.82 Å². The van der Waals surface area contributed by atoms with E-state index < -0.39 is 0 Å². The number of nitrogen functional groups attached to an aromatic ring is 1. The number of nitrogens with two attached hydrogens (primary N) is 1. The Morgan fingerprint density at radius 1 is 1.57 bits per heavy atom. The van der Waals surface area contributed by atoms with Crippen molar-refractivity contribution in [1.82, 2.24) is 25.0 Å². The molecule has 2 aromatic heterocycles. The van der Waals surface area contributed by atoms with Crippen LogP contribution in [0.3, 0.4) is 0 Å². The summed E-state index contributed by atoms with van der Waals surface area (Å²) in [7, 11) is 0. The quantitative estimate of drug-likeness (QED) is 0.728. The average Bonchev–Trinajstić information content (AvgIpc) is 2.71. The van der Waals surface area contributed by atoms with E-state index in [4.69, 9.17) is 5.73 Å². The molecule has 0 aliphatic heterocycles. The van der Waals surface area contributed by atoms with Crippen molar-refractivity contribution in [3.8, 4) is 11.5 Å². The predicted octanol–water partition coefficient (Wildman–Crippen LogP) is 0.579. The van der Waals surface area contributed by atoms with E-state index in [9.17, 15) is 0 Å². The van der Waals surface area contributed by atoms with Crippen molar-refractivity contribution in [2.75, 3.05) is 5.73 Å². The molecule has 0 aromatic carbocycles. The number of hydrogen-bond donors (Lipinski definition) is 2. The minimum Gasteiger partial charge on any atom is -0.366 e. The Morgan fingerprint density at radius 3 is 2.93 bits per heavy atom. The zero-order valence-electron chi connectivity index (χ0n) is 8.15. The van der Waals surface area contributed by atoms with Crippen LogP contribution in [-0.4, -0.2) is 25.0 Å². The standard InChI is InChI=1S/C8H12N6/c1-3-14-6(4-5(2)13-14)7-10-8(9)12-11-7/h4H,3H2,1-2H3,(H3,9,10,11,12). The topological polar surface area (TPSA) is 85.4 Å². The second-order valence-electron chi connectivity index (χ2n) is 3.03. The Labute approximate surface area is 81.1 Å². The summed E-state index contributed by atoms with van der Waals surface area (Å²) in [6.45, 7) is 4.76. The number of rotatable bonds is 2. The van der Waals surface area contributed by atoms with Gasteiger partial charge < -0.3 is 5.73 Å². The average molecular weight is 192 g/mol. The number of anilines is 1. The molecule has 6 heteroatoms. The van der Waals surface area contributed by atoms with Crippen LogP contribution in [0.2, 0.25) is 0 Å². The van der Waals surface area contributed by atoms with Crippen LogP contribution in [0, 0.1) is 6.92 Å². The molecule has 14 heavy (non-hydrogen) atoms. The zero-order chi connectivity index (χ0) is 10.1. The first-order valence-electron chi connectivity index (χ1n) is 4.43. The molecule has 0 saturated carbocycles. The van der Waals surface area contributed by atoms with Gasteiger partial charge in [-0.2, -0.15) is 10.1 Å². The molecule has 2 rings (SSSR count). The molecule has 3 N–H and O–H groups in total. The van der Waals surface area contributed by atoms with Crippen molar-refractivity contribution < 1.29 is 0 Å². The van der Waals surface area contributed by atoms with Gasteiger partial charge in [-0.3, -0.25) is 9.78 Å². The van der Waals surface area contributed by atoms with E-state index in [2.05, 4.69) is 20.3 Å². The summed E-state index contributed by atoms with van der Waals surface area (Å²) < 4.78 is 1.86. The highest BCUT2D eigenvalue weighted by atomic mass is 15.3. The molecule has 2 heterocycles. The van der Waals surface area contributed by atoms with Crippen LogP contribution in [0.4, 0.5) is 5.95 Å². The second-order valence-corrected chi connectivity index (χ2v) is 3.03. The van der Waals surface area contributed by atoms with Crippen molar-refractivity contribution in [1.29, 1.82) is 0 Å². The van der Waals surface area contributed by atoms with Gasteiger partial charge in [-0.15, -0.1) is 5.10 Å². The lowest BCUT2D eigenvalue weighted by molar-refractivity contribution is 0.657. The molecule has 0 aliphatic carbocycles. The Hall–Kier alpha value is -1.85. The molecule has 0 saturated heterocycles. The van der Waals surface area contributed by atoms with Crippen molar-refractivity contribution in [3.05, 3.63) is 11.8 Å². The molecule has 0 fully saturated rings. The molecule has 2 aromatic rings. The fourth-order valence-corrected chi connectivity index (χ4v) is 1.37. The molecular weight excluding hydrogens is 180 g/mol. The Kier molecular flexibility index (Phi) is 1.95. The number of nitrogens with zero attached hydrogens (tertiary/aromatic N) is 4. The van der Waals surface area contributed by atoms with Gasteiger partial charge in [0.15, 0.2) is 5.82 Å². The number of aryl methyl sites for hydroxylation is 2. The van der Waals surface area contributed by atoms with Gasteiger partial charge in [-0.25, -0.2) is 0 Å². The smallest absolute Gasteiger partial charge is 0.239 e. The van der Waals surface area contributed by atoms with E-state index >= 15 is 0 Å². The van der Waals surface area contributed by atoms with Crippen molar-refractivity contribution in [2.24, 2.45) is 0 Å². The third-order valence-corrected chi connectivity index (χ3v) is 1.95. The summed E-state index contributed by atoms with van der Waals surface area (Å²) in [5.74, 6) is 0.909. The van der Waals surface area contributed by atoms with Crippen molar-refractivity contribution in [3.63, 3.8) is 0 Å². The molecule has 0 radical (unpaired) electrons. The highest BCUT2D eigenvalue weighted by Gasteiger charge is 2.10. The third-order valence-electron chi connectivity index (χ3n) is 1.95. The summed E-state index contributed by atoms with van der Waals surface area (Å²) in [4.78, 5) is 4.05. The van der Waals surface area contributed by atoms with Gasteiger partial charge in [-0.05, 0) is 19.9 Å². The first-order valence-corrected chi connectivity index (χ1v) is 4.43. The van der Waals surface area contributed by atoms with E-state index in [1.807, 2.05) is 24.6 Å². The summed E-state index contributed by atoms with van der Waals surface area (Å²) in [5.41, 5.74) is 7.30. The molecule has 0 aliphatic rings. The maximum absolute atomic E-state index is 5.43. The molecule has 6 nitrogen and oxygen atoms in total. The van der Waals surface area contributed by atoms with Gasteiger partial charge in [0.25, 0.3) is 0 Å². The maximum atomic E-state index is 5.43. The number of nitrogens with one attached hydrogen (secondary N) is 1. The SMILES string of the molecule is CCn1nc(C)cc1-c1nc(N)n[nH]1. The minimum atomic E-state index is 0.251. The fourth-order valence-electron chi connectivity index (χ4n) is 1.37. The molecule has 0 atom stereocenters. The normalized spacial score (nSPS) is 10.7. The molecule has 0 bridgehead atoms. The first kappa shape index (κ1) is 8.74. The summed E-state index contributed by atoms with van der Waals surface area (Å²) >= 11 is 0. The number of hydrogen-bond acceptors (Lipinski definition) is 4. The highest BCUT2D eigenvalue weighted by molar-refractivity contribution is 5.51. The number of aromatic amines is 1. The lowest BCUT2D eigenvalue weighted by Gasteiger charge is -1.99. The van der Waals surface area contributed by atoms with Crippen LogP contribution in [0.25, 0.3) is 11.5 Å². The summed E-state index contributed by atoms with van der Waals surface area (Å²) in [6.07, 6.45) is 0. The van der Waals surface area contributed by atoms with Crippen LogP contribution < -0.4 is 5.73 Å². The predicted molar refractivity (Wildman–Crippen MR) is 52.4 cm³/mol. The van der Waals surface area contributed by atoms with Gasteiger partial charge in [0.05, 0.1) is 5.69 Å². The Bertz CT molecular complexity index is 440. The van der Waals surface area contributed by atoms with Crippen LogP contribution in [0.1, 0.15) is 12.6 Å². The summed E-state index contributed by atoms with van der Waals surface area (Å²) in [5, 5.41) is 10.8. The first-order chi connectivity index (χ1) is 6.70. The largest absolute Gasteiger partial charge is 0.366 e. The minimum absolute atomic E-state index is 0.251. The Morgan fingerprint density at radius 2 is 2.36 bits per heavy atom. The molecular formula is C8H12N6. The van der Waals surface area contributed by atoms with Crippen LogP contribution in [0.15, 0.2) is 6.07 Å². The summed E-state index contributed by atoms with van der Waals surface area (Å²) in [6, 6.07) is 1.95. The van der Waals surface area contributed by atoms with Gasteiger partial charge in [0, 0.05) is 6.54 Å². The van der Waals surface area contributed by atoms with Gasteiger partial charge in [-0.1, -0.05) is 0 Å². The molecule has 0 spiro atoms. The number of H-pyrrole nitrogens is 1. The lowest BCUT2D eigenvalue weighted by Crippen LogP contribution is -2.00.